The highest BCUT2D eigenvalue weighted by Crippen LogP contribution is 2.34. The lowest BCUT2D eigenvalue weighted by Crippen LogP contribution is -2.25. The molecule has 1 atom stereocenters. The second-order valence-electron chi connectivity index (χ2n) is 5.01. The molecular weight excluding hydrogens is 309 g/mol. The van der Waals surface area contributed by atoms with Crippen LogP contribution in [-0.4, -0.2) is 19.1 Å². The summed E-state index contributed by atoms with van der Waals surface area (Å²) in [6, 6.07) is 2.60. The number of alkyl halides is 1. The molecule has 21 heavy (non-hydrogen) atoms. The van der Waals surface area contributed by atoms with Gasteiger partial charge in [0.15, 0.2) is 5.04 Å². The molecule has 0 saturated heterocycles. The maximum Gasteiger partial charge on any atom is 0.237 e. The molecule has 0 aromatic heterocycles. The van der Waals surface area contributed by atoms with Crippen LogP contribution in [-0.2, 0) is 14.7 Å². The molecule has 1 heterocycles. The van der Waals surface area contributed by atoms with Crippen LogP contribution < -0.4 is 6.15 Å². The van der Waals surface area contributed by atoms with Gasteiger partial charge in [-0.2, -0.15) is 0 Å². The van der Waals surface area contributed by atoms with E-state index < -0.39 is 43.2 Å². The summed E-state index contributed by atoms with van der Waals surface area (Å²) < 4.78 is 65.1. The van der Waals surface area contributed by atoms with E-state index in [1.165, 1.54) is 0 Å². The first-order valence-electron chi connectivity index (χ1n) is 5.72. The molecule has 1 aliphatic rings. The van der Waals surface area contributed by atoms with Gasteiger partial charge in [0.05, 0.1) is 5.56 Å². The van der Waals surface area contributed by atoms with Crippen molar-refractivity contribution in [2.75, 3.05) is 0 Å². The van der Waals surface area contributed by atoms with Gasteiger partial charge in [-0.3, -0.25) is 0 Å². The van der Waals surface area contributed by atoms with Gasteiger partial charge in [-0.05, 0) is 26.0 Å². The van der Waals surface area contributed by atoms with Crippen LogP contribution in [0.5, 0.6) is 0 Å². The summed E-state index contributed by atoms with van der Waals surface area (Å²) in [5.41, 5.74) is -4.89. The quantitative estimate of drug-likeness (QED) is 0.905. The number of hydrogen-bond acceptors (Lipinski definition) is 5. The van der Waals surface area contributed by atoms with Crippen LogP contribution >= 0.6 is 0 Å². The molecule has 1 aromatic rings. The van der Waals surface area contributed by atoms with Gasteiger partial charge >= 0.3 is 0 Å². The molecular formula is C12H15F3N2O3S. The molecule has 1 aromatic carbocycles. The SMILES string of the molecule is CC1(C)CC(S(=O)(=O)C(F)c2c(F)cccc2F)=NO1.N. The summed E-state index contributed by atoms with van der Waals surface area (Å²) in [5, 5.41) is 2.75. The molecule has 1 unspecified atom stereocenters. The summed E-state index contributed by atoms with van der Waals surface area (Å²) in [6.07, 6.45) is -0.161. The fourth-order valence-electron chi connectivity index (χ4n) is 1.76. The largest absolute Gasteiger partial charge is 0.389 e. The van der Waals surface area contributed by atoms with E-state index in [0.29, 0.717) is 0 Å². The van der Waals surface area contributed by atoms with Gasteiger partial charge in [-0.25, -0.2) is 21.6 Å². The van der Waals surface area contributed by atoms with Crippen LogP contribution in [0.15, 0.2) is 23.4 Å². The minimum Gasteiger partial charge on any atom is -0.389 e. The average Bonchev–Trinajstić information content (AvgIpc) is 2.70. The predicted octanol–water partition coefficient (Wildman–Crippen LogP) is 3.02. The standard InChI is InChI=1S/C12H12F3NO3S.H3N/c1-12(2)6-9(16-19-12)20(17,18)11(15)10-7(13)4-3-5-8(10)14;/h3-5,11H,6H2,1-2H3;1H3. The van der Waals surface area contributed by atoms with Crippen LogP contribution in [0, 0.1) is 11.6 Å². The van der Waals surface area contributed by atoms with Crippen molar-refractivity contribution in [2.24, 2.45) is 5.16 Å². The summed E-state index contributed by atoms with van der Waals surface area (Å²) in [6.45, 7) is 3.13. The van der Waals surface area contributed by atoms with Gasteiger partial charge in [0.1, 0.15) is 17.2 Å². The third-order valence-corrected chi connectivity index (χ3v) is 4.46. The summed E-state index contributed by atoms with van der Waals surface area (Å²) in [5.74, 6) is -2.53. The van der Waals surface area contributed by atoms with Crippen molar-refractivity contribution < 1.29 is 26.4 Å². The van der Waals surface area contributed by atoms with E-state index >= 15 is 0 Å². The van der Waals surface area contributed by atoms with Gasteiger partial charge in [-0.1, -0.05) is 11.2 Å². The smallest absolute Gasteiger partial charge is 0.237 e. The topological polar surface area (TPSA) is 90.7 Å². The molecule has 0 spiro atoms. The Hall–Kier alpha value is -1.61. The Balaban J connectivity index is 0.00000220. The Kier molecular flexibility index (Phi) is 4.69. The molecule has 9 heteroatoms. The second kappa shape index (κ2) is 5.64. The highest BCUT2D eigenvalue weighted by Gasteiger charge is 2.42. The molecule has 0 bridgehead atoms. The van der Waals surface area contributed by atoms with Gasteiger partial charge in [-0.15, -0.1) is 0 Å². The first-order chi connectivity index (χ1) is 9.15. The summed E-state index contributed by atoms with van der Waals surface area (Å²) in [7, 11) is -4.63. The highest BCUT2D eigenvalue weighted by atomic mass is 32.2. The molecule has 2 rings (SSSR count). The molecule has 0 fully saturated rings. The first-order valence-corrected chi connectivity index (χ1v) is 7.27. The van der Waals surface area contributed by atoms with Gasteiger partial charge in [0.25, 0.3) is 0 Å². The van der Waals surface area contributed by atoms with Gasteiger partial charge in [0, 0.05) is 6.42 Å². The van der Waals surface area contributed by atoms with Crippen LogP contribution in [0.4, 0.5) is 13.2 Å². The van der Waals surface area contributed by atoms with E-state index in [0.717, 1.165) is 18.2 Å². The lowest BCUT2D eigenvalue weighted by Gasteiger charge is -2.14. The van der Waals surface area contributed by atoms with E-state index in [1.54, 1.807) is 13.8 Å². The Labute approximate surface area is 120 Å². The third kappa shape index (κ3) is 3.18. The van der Waals surface area contributed by atoms with E-state index in [4.69, 9.17) is 4.84 Å². The summed E-state index contributed by atoms with van der Waals surface area (Å²) >= 11 is 0. The van der Waals surface area contributed by atoms with Crippen molar-refractivity contribution in [1.29, 1.82) is 0 Å². The number of rotatable bonds is 2. The Bertz CT molecular complexity index is 654. The molecule has 0 amide bonds. The molecule has 0 radical (unpaired) electrons. The number of oxime groups is 1. The number of halogens is 3. The Morgan fingerprint density at radius 3 is 2.24 bits per heavy atom. The number of nitrogens with zero attached hydrogens (tertiary/aromatic N) is 1. The second-order valence-corrected chi connectivity index (χ2v) is 6.98. The predicted molar refractivity (Wildman–Crippen MR) is 71.4 cm³/mol. The minimum atomic E-state index is -4.63. The normalized spacial score (nSPS) is 18.4. The number of sulfone groups is 1. The van der Waals surface area contributed by atoms with Crippen molar-refractivity contribution in [2.45, 2.75) is 31.4 Å². The molecule has 0 aliphatic carbocycles. The van der Waals surface area contributed by atoms with Crippen LogP contribution in [0.2, 0.25) is 0 Å². The van der Waals surface area contributed by atoms with Crippen molar-refractivity contribution in [3.63, 3.8) is 0 Å². The van der Waals surface area contributed by atoms with Gasteiger partial charge in [0.2, 0.25) is 15.3 Å². The lowest BCUT2D eigenvalue weighted by molar-refractivity contribution is 0.0123. The zero-order chi connectivity index (χ0) is 15.1. The first kappa shape index (κ1) is 17.4. The fourth-order valence-corrected chi connectivity index (χ4v) is 3.22. The zero-order valence-electron chi connectivity index (χ0n) is 11.4. The minimum absolute atomic E-state index is 0. The van der Waals surface area contributed by atoms with Gasteiger partial charge < -0.3 is 11.0 Å². The summed E-state index contributed by atoms with van der Waals surface area (Å²) in [4.78, 5) is 4.84. The molecule has 5 nitrogen and oxygen atoms in total. The molecule has 0 saturated carbocycles. The van der Waals surface area contributed by atoms with E-state index in [9.17, 15) is 21.6 Å². The maximum absolute atomic E-state index is 14.1. The van der Waals surface area contributed by atoms with E-state index in [2.05, 4.69) is 5.16 Å². The van der Waals surface area contributed by atoms with Crippen molar-refractivity contribution >= 4 is 14.9 Å². The zero-order valence-corrected chi connectivity index (χ0v) is 12.3. The molecule has 1 aliphatic heterocycles. The van der Waals surface area contributed by atoms with Crippen molar-refractivity contribution in [1.82, 2.24) is 6.15 Å². The third-order valence-electron chi connectivity index (χ3n) is 2.80. The Morgan fingerprint density at radius 1 is 1.29 bits per heavy atom. The van der Waals surface area contributed by atoms with Crippen LogP contribution in [0.25, 0.3) is 0 Å². The average molecular weight is 324 g/mol. The van der Waals surface area contributed by atoms with Crippen molar-refractivity contribution in [3.8, 4) is 0 Å². The molecule has 3 N–H and O–H groups in total. The maximum atomic E-state index is 14.1. The van der Waals surface area contributed by atoms with E-state index in [-0.39, 0.29) is 12.6 Å². The van der Waals surface area contributed by atoms with Crippen molar-refractivity contribution in [3.05, 3.63) is 35.4 Å². The monoisotopic (exact) mass is 324 g/mol. The number of benzene rings is 1. The highest BCUT2D eigenvalue weighted by molar-refractivity contribution is 8.06. The Morgan fingerprint density at radius 2 is 1.81 bits per heavy atom. The number of hydrogen-bond donors (Lipinski definition) is 1. The van der Waals surface area contributed by atoms with E-state index in [1.807, 2.05) is 0 Å². The molecule has 118 valence electrons. The van der Waals surface area contributed by atoms with Crippen LogP contribution in [0.3, 0.4) is 0 Å². The fraction of sp³-hybridized carbons (Fsp3) is 0.417. The van der Waals surface area contributed by atoms with Crippen LogP contribution in [0.1, 0.15) is 31.3 Å². The lowest BCUT2D eigenvalue weighted by atomic mass is 10.1.